The van der Waals surface area contributed by atoms with Crippen molar-refractivity contribution in [3.8, 4) is 0 Å². The van der Waals surface area contributed by atoms with Gasteiger partial charge in [0.2, 0.25) is 16.9 Å². The van der Waals surface area contributed by atoms with Crippen LogP contribution in [0, 0.1) is 11.8 Å². The molecular weight excluding hydrogens is 348 g/mol. The van der Waals surface area contributed by atoms with Gasteiger partial charge in [-0.25, -0.2) is 0 Å². The number of carbonyl (C=O) groups is 2. The Kier molecular flexibility index (Phi) is 5.98. The monoisotopic (exact) mass is 372 g/mol. The number of likely N-dealkylation sites (tertiary alicyclic amines) is 1. The van der Waals surface area contributed by atoms with Gasteiger partial charge in [-0.2, -0.15) is 0 Å². The molecule has 1 aromatic carbocycles. The first-order valence-electron chi connectivity index (χ1n) is 8.96. The molecule has 7 heteroatoms. The minimum absolute atomic E-state index is 0.0628. The number of benzene rings is 1. The molecule has 0 unspecified atom stereocenters. The van der Waals surface area contributed by atoms with Gasteiger partial charge < -0.3 is 10.2 Å². The molecule has 1 aliphatic rings. The SMILES string of the molecule is CC(C)CCN1C[C@H](C(=O)Nc2nnc(Cc3ccccc3)s2)CC1=O. The Morgan fingerprint density at radius 3 is 2.81 bits per heavy atom. The van der Waals surface area contributed by atoms with E-state index in [9.17, 15) is 9.59 Å². The molecule has 1 fully saturated rings. The molecule has 1 atom stereocenters. The molecule has 0 saturated carbocycles. The zero-order valence-corrected chi connectivity index (χ0v) is 16.0. The van der Waals surface area contributed by atoms with E-state index in [1.54, 1.807) is 4.90 Å². The largest absolute Gasteiger partial charge is 0.342 e. The molecule has 2 heterocycles. The van der Waals surface area contributed by atoms with Crippen molar-refractivity contribution >= 4 is 28.3 Å². The van der Waals surface area contributed by atoms with Gasteiger partial charge in [-0.15, -0.1) is 10.2 Å². The van der Waals surface area contributed by atoms with E-state index in [-0.39, 0.29) is 24.2 Å². The summed E-state index contributed by atoms with van der Waals surface area (Å²) >= 11 is 1.38. The van der Waals surface area contributed by atoms with E-state index in [2.05, 4.69) is 29.4 Å². The average Bonchev–Trinajstić information content (AvgIpc) is 3.20. The number of hydrogen-bond acceptors (Lipinski definition) is 5. The van der Waals surface area contributed by atoms with Gasteiger partial charge >= 0.3 is 0 Å². The maximum Gasteiger partial charge on any atom is 0.231 e. The van der Waals surface area contributed by atoms with Crippen LogP contribution in [0.15, 0.2) is 30.3 Å². The fourth-order valence-electron chi connectivity index (χ4n) is 2.93. The van der Waals surface area contributed by atoms with E-state index < -0.39 is 0 Å². The third-order valence-electron chi connectivity index (χ3n) is 4.46. The Bertz CT molecular complexity index is 760. The zero-order valence-electron chi connectivity index (χ0n) is 15.1. The lowest BCUT2D eigenvalue weighted by Gasteiger charge is -2.17. The highest BCUT2D eigenvalue weighted by atomic mass is 32.1. The summed E-state index contributed by atoms with van der Waals surface area (Å²) in [4.78, 5) is 26.3. The van der Waals surface area contributed by atoms with Crippen molar-refractivity contribution in [2.75, 3.05) is 18.4 Å². The van der Waals surface area contributed by atoms with Gasteiger partial charge in [0.25, 0.3) is 0 Å². The Balaban J connectivity index is 1.53. The van der Waals surface area contributed by atoms with E-state index in [0.717, 1.165) is 23.5 Å². The number of nitrogens with one attached hydrogen (secondary N) is 1. The molecule has 0 radical (unpaired) electrons. The van der Waals surface area contributed by atoms with Crippen molar-refractivity contribution < 1.29 is 9.59 Å². The van der Waals surface area contributed by atoms with E-state index in [0.29, 0.717) is 24.0 Å². The van der Waals surface area contributed by atoms with Gasteiger partial charge in [-0.05, 0) is 17.9 Å². The number of hydrogen-bond donors (Lipinski definition) is 1. The van der Waals surface area contributed by atoms with Crippen LogP contribution in [0.4, 0.5) is 5.13 Å². The smallest absolute Gasteiger partial charge is 0.231 e. The van der Waals surface area contributed by atoms with Gasteiger partial charge in [-0.3, -0.25) is 9.59 Å². The van der Waals surface area contributed by atoms with Crippen LogP contribution in [0.2, 0.25) is 0 Å². The van der Waals surface area contributed by atoms with Gasteiger partial charge in [0.1, 0.15) is 5.01 Å². The van der Waals surface area contributed by atoms with Crippen LogP contribution in [-0.4, -0.2) is 40.0 Å². The van der Waals surface area contributed by atoms with Crippen LogP contribution < -0.4 is 5.32 Å². The number of aromatic nitrogens is 2. The van der Waals surface area contributed by atoms with Crippen molar-refractivity contribution in [2.24, 2.45) is 11.8 Å². The Morgan fingerprint density at radius 2 is 2.08 bits per heavy atom. The van der Waals surface area contributed by atoms with Crippen LogP contribution in [0.1, 0.15) is 37.3 Å². The maximum absolute atomic E-state index is 12.5. The van der Waals surface area contributed by atoms with Crippen LogP contribution in [0.25, 0.3) is 0 Å². The van der Waals surface area contributed by atoms with Gasteiger partial charge in [0.15, 0.2) is 0 Å². The molecule has 1 aromatic heterocycles. The molecule has 3 rings (SSSR count). The van der Waals surface area contributed by atoms with E-state index >= 15 is 0 Å². The lowest BCUT2D eigenvalue weighted by atomic mass is 10.1. The molecular formula is C19H24N4O2S. The second-order valence-electron chi connectivity index (χ2n) is 7.08. The standard InChI is InChI=1S/C19H24N4O2S/c1-13(2)8-9-23-12-15(11-17(23)24)18(25)20-19-22-21-16(26-19)10-14-6-4-3-5-7-14/h3-7,13,15H,8-12H2,1-2H3,(H,20,22,25)/t15-/m1/s1. The first-order chi connectivity index (χ1) is 12.5. The Hall–Kier alpha value is -2.28. The Labute approximate surface area is 157 Å². The maximum atomic E-state index is 12.5. The number of rotatable bonds is 7. The molecule has 1 saturated heterocycles. The minimum Gasteiger partial charge on any atom is -0.342 e. The minimum atomic E-state index is -0.309. The highest BCUT2D eigenvalue weighted by Gasteiger charge is 2.34. The highest BCUT2D eigenvalue weighted by Crippen LogP contribution is 2.23. The summed E-state index contributed by atoms with van der Waals surface area (Å²) in [5, 5.41) is 12.4. The van der Waals surface area contributed by atoms with E-state index in [1.165, 1.54) is 11.3 Å². The van der Waals surface area contributed by atoms with Crippen molar-refractivity contribution in [1.82, 2.24) is 15.1 Å². The highest BCUT2D eigenvalue weighted by molar-refractivity contribution is 7.15. The van der Waals surface area contributed by atoms with Crippen molar-refractivity contribution in [3.05, 3.63) is 40.9 Å². The molecule has 26 heavy (non-hydrogen) atoms. The summed E-state index contributed by atoms with van der Waals surface area (Å²) in [6.07, 6.45) is 1.93. The zero-order chi connectivity index (χ0) is 18.5. The van der Waals surface area contributed by atoms with Gasteiger partial charge in [0.05, 0.1) is 5.92 Å². The summed E-state index contributed by atoms with van der Waals surface area (Å²) in [5.74, 6) is 0.150. The molecule has 1 aliphatic heterocycles. The molecule has 138 valence electrons. The fourth-order valence-corrected chi connectivity index (χ4v) is 3.71. The third-order valence-corrected chi connectivity index (χ3v) is 5.30. The summed E-state index contributed by atoms with van der Waals surface area (Å²) < 4.78 is 0. The van der Waals surface area contributed by atoms with Crippen LogP contribution in [0.5, 0.6) is 0 Å². The first kappa shape index (κ1) is 18.5. The fraction of sp³-hybridized carbons (Fsp3) is 0.474. The predicted octanol–water partition coefficient (Wildman–Crippen LogP) is 2.96. The molecule has 6 nitrogen and oxygen atoms in total. The molecule has 1 N–H and O–H groups in total. The molecule has 0 bridgehead atoms. The third kappa shape index (κ3) is 4.88. The number of nitrogens with zero attached hydrogens (tertiary/aromatic N) is 3. The lowest BCUT2D eigenvalue weighted by Crippen LogP contribution is -2.29. The van der Waals surface area contributed by atoms with Crippen LogP contribution in [0.3, 0.4) is 0 Å². The van der Waals surface area contributed by atoms with Crippen molar-refractivity contribution in [3.63, 3.8) is 0 Å². The van der Waals surface area contributed by atoms with E-state index in [1.807, 2.05) is 30.3 Å². The van der Waals surface area contributed by atoms with Crippen molar-refractivity contribution in [1.29, 1.82) is 0 Å². The van der Waals surface area contributed by atoms with Gasteiger partial charge in [0, 0.05) is 25.9 Å². The summed E-state index contributed by atoms with van der Waals surface area (Å²) in [5.41, 5.74) is 1.16. The summed E-state index contributed by atoms with van der Waals surface area (Å²) in [7, 11) is 0. The molecule has 0 aliphatic carbocycles. The number of amides is 2. The predicted molar refractivity (Wildman–Crippen MR) is 102 cm³/mol. The molecule has 0 spiro atoms. The van der Waals surface area contributed by atoms with Crippen LogP contribution >= 0.6 is 11.3 Å². The van der Waals surface area contributed by atoms with Crippen molar-refractivity contribution in [2.45, 2.75) is 33.1 Å². The quantitative estimate of drug-likeness (QED) is 0.811. The number of anilines is 1. The van der Waals surface area contributed by atoms with Crippen LogP contribution in [-0.2, 0) is 16.0 Å². The van der Waals surface area contributed by atoms with E-state index in [4.69, 9.17) is 0 Å². The normalized spacial score (nSPS) is 17.1. The first-order valence-corrected chi connectivity index (χ1v) is 9.78. The Morgan fingerprint density at radius 1 is 1.31 bits per heavy atom. The second-order valence-corrected chi connectivity index (χ2v) is 8.14. The summed E-state index contributed by atoms with van der Waals surface area (Å²) in [6.45, 7) is 5.48. The number of carbonyl (C=O) groups excluding carboxylic acids is 2. The topological polar surface area (TPSA) is 75.2 Å². The molecule has 2 aromatic rings. The lowest BCUT2D eigenvalue weighted by molar-refractivity contribution is -0.128. The molecule has 2 amide bonds. The second kappa shape index (κ2) is 8.40. The average molecular weight is 372 g/mol. The summed E-state index contributed by atoms with van der Waals surface area (Å²) in [6, 6.07) is 10.0. The van der Waals surface area contributed by atoms with Gasteiger partial charge in [-0.1, -0.05) is 55.5 Å².